The summed E-state index contributed by atoms with van der Waals surface area (Å²) in [7, 11) is 0. The van der Waals surface area contributed by atoms with Gasteiger partial charge in [-0.2, -0.15) is 0 Å². The number of amides is 1. The molecule has 1 heterocycles. The van der Waals surface area contributed by atoms with Crippen molar-refractivity contribution in [2.45, 2.75) is 45.2 Å². The average molecular weight is 210 g/mol. The highest BCUT2D eigenvalue weighted by Gasteiger charge is 2.27. The van der Waals surface area contributed by atoms with Gasteiger partial charge in [0.2, 0.25) is 5.91 Å². The molecule has 3 heteroatoms. The first-order valence-corrected chi connectivity index (χ1v) is 5.81. The summed E-state index contributed by atoms with van der Waals surface area (Å²) in [6, 6.07) is 0.405. The van der Waals surface area contributed by atoms with Gasteiger partial charge in [-0.15, -0.1) is 6.58 Å². The molecule has 1 rings (SSSR count). The van der Waals surface area contributed by atoms with E-state index < -0.39 is 0 Å². The van der Waals surface area contributed by atoms with Gasteiger partial charge in [0.15, 0.2) is 0 Å². The van der Waals surface area contributed by atoms with Gasteiger partial charge in [-0.05, 0) is 19.3 Å². The molecule has 0 spiro atoms. The highest BCUT2D eigenvalue weighted by Crippen LogP contribution is 2.12. The van der Waals surface area contributed by atoms with Crippen molar-refractivity contribution in [2.75, 3.05) is 13.1 Å². The van der Waals surface area contributed by atoms with Crippen LogP contribution in [-0.4, -0.2) is 36.0 Å². The zero-order valence-corrected chi connectivity index (χ0v) is 9.83. The molecule has 1 aliphatic rings. The van der Waals surface area contributed by atoms with Crippen molar-refractivity contribution in [1.29, 1.82) is 0 Å². The van der Waals surface area contributed by atoms with E-state index in [0.717, 1.165) is 32.4 Å². The highest BCUT2D eigenvalue weighted by atomic mass is 16.2. The van der Waals surface area contributed by atoms with Crippen LogP contribution in [0.25, 0.3) is 0 Å². The first-order valence-electron chi connectivity index (χ1n) is 5.81. The number of carbonyl (C=O) groups excluding carboxylic acids is 1. The Morgan fingerprint density at radius 1 is 1.67 bits per heavy atom. The van der Waals surface area contributed by atoms with Gasteiger partial charge in [-0.3, -0.25) is 4.79 Å². The molecule has 86 valence electrons. The van der Waals surface area contributed by atoms with Crippen molar-refractivity contribution in [3.05, 3.63) is 12.7 Å². The van der Waals surface area contributed by atoms with Crippen LogP contribution in [-0.2, 0) is 4.79 Å². The smallest absolute Gasteiger partial charge is 0.239 e. The van der Waals surface area contributed by atoms with Crippen LogP contribution in [0.5, 0.6) is 0 Å². The molecule has 0 aliphatic carbocycles. The second-order valence-electron chi connectivity index (χ2n) is 4.42. The lowest BCUT2D eigenvalue weighted by molar-refractivity contribution is -0.136. The first-order chi connectivity index (χ1) is 7.15. The molecule has 1 aliphatic heterocycles. The molecule has 1 atom stereocenters. The van der Waals surface area contributed by atoms with Gasteiger partial charge < -0.3 is 10.2 Å². The summed E-state index contributed by atoms with van der Waals surface area (Å²) in [5, 5.41) is 3.32. The van der Waals surface area contributed by atoms with Crippen molar-refractivity contribution in [2.24, 2.45) is 0 Å². The third kappa shape index (κ3) is 3.67. The molecule has 1 fully saturated rings. The lowest BCUT2D eigenvalue weighted by Crippen LogP contribution is -2.52. The van der Waals surface area contributed by atoms with Gasteiger partial charge in [0.05, 0.1) is 6.04 Å². The molecule has 1 N–H and O–H groups in total. The fourth-order valence-electron chi connectivity index (χ4n) is 1.97. The minimum absolute atomic E-state index is 0.0311. The van der Waals surface area contributed by atoms with E-state index in [4.69, 9.17) is 0 Å². The van der Waals surface area contributed by atoms with E-state index in [1.54, 1.807) is 0 Å². The quantitative estimate of drug-likeness (QED) is 0.698. The minimum atomic E-state index is 0.0311. The van der Waals surface area contributed by atoms with Crippen molar-refractivity contribution in [1.82, 2.24) is 10.2 Å². The van der Waals surface area contributed by atoms with Crippen molar-refractivity contribution < 1.29 is 4.79 Å². The van der Waals surface area contributed by atoms with Crippen LogP contribution in [0.1, 0.15) is 33.1 Å². The summed E-state index contributed by atoms with van der Waals surface area (Å²) in [5.74, 6) is 0.261. The average Bonchev–Trinajstić information content (AvgIpc) is 2.19. The second kappa shape index (κ2) is 5.91. The monoisotopic (exact) mass is 210 g/mol. The first kappa shape index (κ1) is 12.2. The zero-order valence-electron chi connectivity index (χ0n) is 9.83. The number of rotatable bonds is 5. The number of carbonyl (C=O) groups is 1. The van der Waals surface area contributed by atoms with Gasteiger partial charge in [0, 0.05) is 19.1 Å². The minimum Gasteiger partial charge on any atom is -0.341 e. The maximum Gasteiger partial charge on any atom is 0.239 e. The van der Waals surface area contributed by atoms with E-state index >= 15 is 0 Å². The molecule has 0 aromatic carbocycles. The van der Waals surface area contributed by atoms with Crippen LogP contribution < -0.4 is 5.32 Å². The van der Waals surface area contributed by atoms with Gasteiger partial charge in [-0.1, -0.05) is 19.9 Å². The number of nitrogens with zero attached hydrogens (tertiary/aromatic N) is 1. The highest BCUT2D eigenvalue weighted by molar-refractivity contribution is 5.82. The van der Waals surface area contributed by atoms with Crippen LogP contribution in [0, 0.1) is 0 Å². The number of hydrogen-bond acceptors (Lipinski definition) is 2. The van der Waals surface area contributed by atoms with Crippen molar-refractivity contribution in [3.63, 3.8) is 0 Å². The number of likely N-dealkylation sites (tertiary alicyclic amines) is 1. The number of nitrogens with one attached hydrogen (secondary N) is 1. The van der Waals surface area contributed by atoms with Crippen LogP contribution in [0.3, 0.4) is 0 Å². The van der Waals surface area contributed by atoms with Crippen LogP contribution in [0.2, 0.25) is 0 Å². The largest absolute Gasteiger partial charge is 0.341 e. The summed E-state index contributed by atoms with van der Waals surface area (Å²) in [6.45, 7) is 9.57. The molecular weight excluding hydrogens is 188 g/mol. The Morgan fingerprint density at radius 2 is 2.40 bits per heavy atom. The normalized spacial score (nSPS) is 22.2. The predicted octanol–water partition coefficient (Wildman–Crippen LogP) is 1.55. The summed E-state index contributed by atoms with van der Waals surface area (Å²) in [4.78, 5) is 13.9. The molecule has 15 heavy (non-hydrogen) atoms. The fourth-order valence-corrected chi connectivity index (χ4v) is 1.97. The van der Waals surface area contributed by atoms with E-state index in [1.807, 2.05) is 11.0 Å². The molecule has 1 saturated heterocycles. The third-order valence-electron chi connectivity index (χ3n) is 2.67. The molecule has 0 saturated carbocycles. The van der Waals surface area contributed by atoms with Gasteiger partial charge in [0.25, 0.3) is 0 Å². The predicted molar refractivity (Wildman–Crippen MR) is 62.7 cm³/mol. The van der Waals surface area contributed by atoms with E-state index in [-0.39, 0.29) is 11.9 Å². The summed E-state index contributed by atoms with van der Waals surface area (Å²) in [5.41, 5.74) is 0. The zero-order chi connectivity index (χ0) is 11.3. The van der Waals surface area contributed by atoms with E-state index in [9.17, 15) is 4.79 Å². The molecule has 0 radical (unpaired) electrons. The molecular formula is C12H22N2O. The van der Waals surface area contributed by atoms with E-state index in [1.165, 1.54) is 0 Å². The molecule has 0 aromatic heterocycles. The fraction of sp³-hybridized carbons (Fsp3) is 0.750. The van der Waals surface area contributed by atoms with E-state index in [2.05, 4.69) is 25.7 Å². The summed E-state index contributed by atoms with van der Waals surface area (Å²) < 4.78 is 0. The summed E-state index contributed by atoms with van der Waals surface area (Å²) >= 11 is 0. The maximum atomic E-state index is 12.0. The second-order valence-corrected chi connectivity index (χ2v) is 4.42. The molecule has 3 nitrogen and oxygen atoms in total. The number of hydrogen-bond donors (Lipinski definition) is 1. The molecule has 0 bridgehead atoms. The van der Waals surface area contributed by atoms with Gasteiger partial charge >= 0.3 is 0 Å². The van der Waals surface area contributed by atoms with E-state index in [0.29, 0.717) is 6.04 Å². The standard InChI is InChI=1S/C12H22N2O/c1-4-5-8-14-9-6-7-11(12(14)15)13-10(2)3/h4,10-11,13H,1,5-9H2,2-3H3. The van der Waals surface area contributed by atoms with Gasteiger partial charge in [-0.25, -0.2) is 0 Å². The summed E-state index contributed by atoms with van der Waals surface area (Å²) in [6.07, 6.45) is 4.84. The Balaban J connectivity index is 2.47. The van der Waals surface area contributed by atoms with Crippen LogP contribution in [0.4, 0.5) is 0 Å². The van der Waals surface area contributed by atoms with Crippen LogP contribution in [0.15, 0.2) is 12.7 Å². The Morgan fingerprint density at radius 3 is 3.00 bits per heavy atom. The SMILES string of the molecule is C=CCCN1CCCC(NC(C)C)C1=O. The maximum absolute atomic E-state index is 12.0. The van der Waals surface area contributed by atoms with Gasteiger partial charge in [0.1, 0.15) is 0 Å². The lowest BCUT2D eigenvalue weighted by Gasteiger charge is -2.33. The number of piperidine rings is 1. The Bertz CT molecular complexity index is 226. The van der Waals surface area contributed by atoms with Crippen molar-refractivity contribution >= 4 is 5.91 Å². The Hall–Kier alpha value is -0.830. The van der Waals surface area contributed by atoms with Crippen LogP contribution >= 0.6 is 0 Å². The molecule has 0 aromatic rings. The lowest BCUT2D eigenvalue weighted by atomic mass is 10.0. The molecule has 1 unspecified atom stereocenters. The molecule has 1 amide bonds. The topological polar surface area (TPSA) is 32.3 Å². The van der Waals surface area contributed by atoms with Crippen molar-refractivity contribution in [3.8, 4) is 0 Å². The Labute approximate surface area is 92.5 Å². The third-order valence-corrected chi connectivity index (χ3v) is 2.67. The Kier molecular flexibility index (Phi) is 4.82.